The van der Waals surface area contributed by atoms with E-state index in [1.807, 2.05) is 19.9 Å². The molecule has 0 spiro atoms. The fourth-order valence-electron chi connectivity index (χ4n) is 1.89. The molecule has 5 heteroatoms. The Morgan fingerprint density at radius 1 is 1.40 bits per heavy atom. The molecule has 1 aromatic rings. The lowest BCUT2D eigenvalue weighted by atomic mass is 10.0. The first-order valence-electron chi connectivity index (χ1n) is 6.71. The molecule has 0 radical (unpaired) electrons. The summed E-state index contributed by atoms with van der Waals surface area (Å²) in [6.45, 7) is 5.12. The Balaban J connectivity index is 2.50. The summed E-state index contributed by atoms with van der Waals surface area (Å²) in [6, 6.07) is 5.14. The van der Waals surface area contributed by atoms with Gasteiger partial charge >= 0.3 is 0 Å². The summed E-state index contributed by atoms with van der Waals surface area (Å²) in [4.78, 5) is 12.2. The standard InChI is InChI=1S/C15H23NO4/c1-11-10-13(4-5-14(11)19-3)15(18)12(2)16-6-8-20-9-7-17/h4-5,10,12,16-17H,6-9H2,1-3H3. The van der Waals surface area contributed by atoms with E-state index in [0.717, 1.165) is 11.3 Å². The molecule has 5 nitrogen and oxygen atoms in total. The lowest BCUT2D eigenvalue weighted by Gasteiger charge is -2.14. The normalized spacial score (nSPS) is 12.2. The maximum atomic E-state index is 12.2. The van der Waals surface area contributed by atoms with Crippen molar-refractivity contribution in [3.63, 3.8) is 0 Å². The molecular weight excluding hydrogens is 258 g/mol. The second kappa shape index (κ2) is 8.68. The van der Waals surface area contributed by atoms with Crippen LogP contribution in [-0.4, -0.2) is 50.4 Å². The predicted octanol–water partition coefficient (Wildman–Crippen LogP) is 1.17. The van der Waals surface area contributed by atoms with Gasteiger partial charge in [-0.1, -0.05) is 0 Å². The van der Waals surface area contributed by atoms with E-state index in [2.05, 4.69) is 5.32 Å². The van der Waals surface area contributed by atoms with E-state index in [0.29, 0.717) is 25.3 Å². The number of Topliss-reactive ketones (excluding diaryl/α,β-unsaturated/α-hetero) is 1. The predicted molar refractivity (Wildman–Crippen MR) is 77.4 cm³/mol. The molecule has 0 bridgehead atoms. The monoisotopic (exact) mass is 281 g/mol. The van der Waals surface area contributed by atoms with Crippen LogP contribution in [0.4, 0.5) is 0 Å². The molecule has 0 amide bonds. The first-order chi connectivity index (χ1) is 9.60. The van der Waals surface area contributed by atoms with E-state index in [9.17, 15) is 4.79 Å². The third-order valence-electron chi connectivity index (χ3n) is 3.01. The van der Waals surface area contributed by atoms with Crippen molar-refractivity contribution < 1.29 is 19.4 Å². The SMILES string of the molecule is COc1ccc(C(=O)C(C)NCCOCCO)cc1C. The number of rotatable bonds is 9. The van der Waals surface area contributed by atoms with Crippen LogP contribution >= 0.6 is 0 Å². The van der Waals surface area contributed by atoms with Gasteiger partial charge in [0.2, 0.25) is 0 Å². The molecular formula is C15H23NO4. The molecule has 20 heavy (non-hydrogen) atoms. The van der Waals surface area contributed by atoms with Crippen molar-refractivity contribution in [1.29, 1.82) is 0 Å². The number of aryl methyl sites for hydroxylation is 1. The summed E-state index contributed by atoms with van der Waals surface area (Å²) in [6.07, 6.45) is 0. The number of benzene rings is 1. The van der Waals surface area contributed by atoms with Crippen LogP contribution in [-0.2, 0) is 4.74 Å². The minimum Gasteiger partial charge on any atom is -0.496 e. The Hall–Kier alpha value is -1.43. The minimum absolute atomic E-state index is 0.0135. The second-order valence-electron chi connectivity index (χ2n) is 4.56. The van der Waals surface area contributed by atoms with E-state index < -0.39 is 0 Å². The van der Waals surface area contributed by atoms with Gasteiger partial charge in [-0.05, 0) is 37.6 Å². The number of carbonyl (C=O) groups is 1. The lowest BCUT2D eigenvalue weighted by molar-refractivity contribution is 0.0870. The van der Waals surface area contributed by atoms with Gasteiger partial charge in [0.1, 0.15) is 5.75 Å². The molecule has 0 aromatic heterocycles. The zero-order valence-electron chi connectivity index (χ0n) is 12.3. The van der Waals surface area contributed by atoms with Gasteiger partial charge in [-0.15, -0.1) is 0 Å². The number of methoxy groups -OCH3 is 1. The largest absolute Gasteiger partial charge is 0.496 e. The molecule has 0 aliphatic carbocycles. The Labute approximate surface area is 119 Å². The van der Waals surface area contributed by atoms with Gasteiger partial charge in [-0.2, -0.15) is 0 Å². The third-order valence-corrected chi connectivity index (χ3v) is 3.01. The summed E-state index contributed by atoms with van der Waals surface area (Å²) < 4.78 is 10.3. The highest BCUT2D eigenvalue weighted by Gasteiger charge is 2.15. The van der Waals surface area contributed by atoms with Gasteiger partial charge in [-0.3, -0.25) is 4.79 Å². The fourth-order valence-corrected chi connectivity index (χ4v) is 1.89. The van der Waals surface area contributed by atoms with E-state index >= 15 is 0 Å². The highest BCUT2D eigenvalue weighted by atomic mass is 16.5. The highest BCUT2D eigenvalue weighted by Crippen LogP contribution is 2.19. The van der Waals surface area contributed by atoms with Crippen molar-refractivity contribution in [2.24, 2.45) is 0 Å². The molecule has 1 rings (SSSR count). The quantitative estimate of drug-likeness (QED) is 0.525. The van der Waals surface area contributed by atoms with Crippen LogP contribution in [0, 0.1) is 6.92 Å². The Kier molecular flexibility index (Phi) is 7.22. The maximum absolute atomic E-state index is 12.2. The number of aliphatic hydroxyl groups is 1. The number of ketones is 1. The van der Waals surface area contributed by atoms with Gasteiger partial charge in [0.05, 0.1) is 33.0 Å². The van der Waals surface area contributed by atoms with Gasteiger partial charge in [0.15, 0.2) is 5.78 Å². The van der Waals surface area contributed by atoms with Crippen molar-refractivity contribution in [3.8, 4) is 5.75 Å². The number of hydrogen-bond donors (Lipinski definition) is 2. The highest BCUT2D eigenvalue weighted by molar-refractivity contribution is 6.00. The molecule has 0 aliphatic heterocycles. The zero-order chi connectivity index (χ0) is 15.0. The zero-order valence-corrected chi connectivity index (χ0v) is 12.3. The minimum atomic E-state index is -0.277. The van der Waals surface area contributed by atoms with Gasteiger partial charge < -0.3 is 19.9 Å². The Morgan fingerprint density at radius 3 is 2.75 bits per heavy atom. The number of hydrogen-bond acceptors (Lipinski definition) is 5. The molecule has 0 fully saturated rings. The topological polar surface area (TPSA) is 67.8 Å². The van der Waals surface area contributed by atoms with Crippen LogP contribution in [0.2, 0.25) is 0 Å². The van der Waals surface area contributed by atoms with Crippen molar-refractivity contribution in [2.45, 2.75) is 19.9 Å². The van der Waals surface area contributed by atoms with Crippen LogP contribution in [0.15, 0.2) is 18.2 Å². The van der Waals surface area contributed by atoms with Crippen molar-refractivity contribution in [1.82, 2.24) is 5.32 Å². The molecule has 0 saturated carbocycles. The fraction of sp³-hybridized carbons (Fsp3) is 0.533. The summed E-state index contributed by atoms with van der Waals surface area (Å²) in [5, 5.41) is 11.7. The van der Waals surface area contributed by atoms with Crippen LogP contribution < -0.4 is 10.1 Å². The molecule has 0 aliphatic rings. The molecule has 1 unspecified atom stereocenters. The average Bonchev–Trinajstić information content (AvgIpc) is 2.46. The molecule has 0 heterocycles. The maximum Gasteiger partial charge on any atom is 0.179 e. The summed E-state index contributed by atoms with van der Waals surface area (Å²) >= 11 is 0. The molecule has 1 atom stereocenters. The van der Waals surface area contributed by atoms with Crippen molar-refractivity contribution in [3.05, 3.63) is 29.3 Å². The first kappa shape index (κ1) is 16.6. The van der Waals surface area contributed by atoms with Crippen LogP contribution in [0.5, 0.6) is 5.75 Å². The summed E-state index contributed by atoms with van der Waals surface area (Å²) in [5.41, 5.74) is 1.61. The van der Waals surface area contributed by atoms with Crippen LogP contribution in [0.25, 0.3) is 0 Å². The summed E-state index contributed by atoms with van der Waals surface area (Å²) in [7, 11) is 1.61. The van der Waals surface area contributed by atoms with Gasteiger partial charge in [0.25, 0.3) is 0 Å². The van der Waals surface area contributed by atoms with Crippen LogP contribution in [0.1, 0.15) is 22.8 Å². The smallest absolute Gasteiger partial charge is 0.179 e. The van der Waals surface area contributed by atoms with E-state index in [1.54, 1.807) is 19.2 Å². The number of aliphatic hydroxyl groups excluding tert-OH is 1. The average molecular weight is 281 g/mol. The molecule has 2 N–H and O–H groups in total. The number of carbonyl (C=O) groups excluding carboxylic acids is 1. The van der Waals surface area contributed by atoms with E-state index in [4.69, 9.17) is 14.6 Å². The Morgan fingerprint density at radius 2 is 2.15 bits per heavy atom. The lowest BCUT2D eigenvalue weighted by Crippen LogP contribution is -2.36. The molecule has 1 aromatic carbocycles. The molecule has 0 saturated heterocycles. The summed E-state index contributed by atoms with van der Waals surface area (Å²) in [5.74, 6) is 0.817. The van der Waals surface area contributed by atoms with Gasteiger partial charge in [0, 0.05) is 12.1 Å². The van der Waals surface area contributed by atoms with Gasteiger partial charge in [-0.25, -0.2) is 0 Å². The number of nitrogens with one attached hydrogen (secondary N) is 1. The second-order valence-corrected chi connectivity index (χ2v) is 4.56. The number of ether oxygens (including phenoxy) is 2. The Bertz CT molecular complexity index is 434. The third kappa shape index (κ3) is 4.92. The van der Waals surface area contributed by atoms with Crippen molar-refractivity contribution >= 4 is 5.78 Å². The van der Waals surface area contributed by atoms with Crippen LogP contribution in [0.3, 0.4) is 0 Å². The van der Waals surface area contributed by atoms with E-state index in [-0.39, 0.29) is 18.4 Å². The molecule has 112 valence electrons. The van der Waals surface area contributed by atoms with Crippen molar-refractivity contribution in [2.75, 3.05) is 33.5 Å². The van der Waals surface area contributed by atoms with E-state index in [1.165, 1.54) is 0 Å². The first-order valence-corrected chi connectivity index (χ1v) is 6.71.